The lowest BCUT2D eigenvalue weighted by molar-refractivity contribution is -0.148. The van der Waals surface area contributed by atoms with E-state index < -0.39 is 35.3 Å². The zero-order valence-corrected chi connectivity index (χ0v) is 15.1. The zero-order valence-electron chi connectivity index (χ0n) is 15.1. The monoisotopic (exact) mass is 353 g/mol. The Kier molecular flexibility index (Phi) is 4.25. The highest BCUT2D eigenvalue weighted by Crippen LogP contribution is 2.43. The van der Waals surface area contributed by atoms with Crippen LogP contribution in [0.4, 0.5) is 10.2 Å². The molecular formula is C17H24FN3O4. The fourth-order valence-electron chi connectivity index (χ4n) is 3.07. The van der Waals surface area contributed by atoms with Gasteiger partial charge in [-0.15, -0.1) is 0 Å². The molecule has 1 saturated heterocycles. The molecule has 0 radical (unpaired) electrons. The van der Waals surface area contributed by atoms with E-state index in [2.05, 4.69) is 4.98 Å². The minimum Gasteiger partial charge on any atom is -0.381 e. The van der Waals surface area contributed by atoms with Crippen LogP contribution in [0.15, 0.2) is 22.6 Å². The normalized spacial score (nSPS) is 28.1. The van der Waals surface area contributed by atoms with E-state index in [4.69, 9.17) is 19.9 Å². The summed E-state index contributed by atoms with van der Waals surface area (Å²) in [6.07, 6.45) is 2.06. The molecule has 0 spiro atoms. The van der Waals surface area contributed by atoms with Crippen molar-refractivity contribution in [1.82, 2.24) is 9.55 Å². The van der Waals surface area contributed by atoms with E-state index in [9.17, 15) is 9.18 Å². The molecule has 0 amide bonds. The summed E-state index contributed by atoms with van der Waals surface area (Å²) >= 11 is 0. The highest BCUT2D eigenvalue weighted by molar-refractivity contribution is 5.30. The summed E-state index contributed by atoms with van der Waals surface area (Å²) < 4.78 is 32.8. The van der Waals surface area contributed by atoms with Crippen molar-refractivity contribution >= 4 is 5.82 Å². The van der Waals surface area contributed by atoms with Gasteiger partial charge in [-0.2, -0.15) is 4.98 Å². The van der Waals surface area contributed by atoms with E-state index in [-0.39, 0.29) is 11.7 Å². The predicted molar refractivity (Wildman–Crippen MR) is 89.5 cm³/mol. The Hall–Kier alpha value is -1.77. The molecule has 25 heavy (non-hydrogen) atoms. The number of ether oxygens (including phenoxy) is 3. The van der Waals surface area contributed by atoms with Gasteiger partial charge < -0.3 is 19.9 Å². The van der Waals surface area contributed by atoms with Gasteiger partial charge in [0.15, 0.2) is 17.4 Å². The number of fused-ring (bicyclic) bond motifs is 1. The third-order valence-corrected chi connectivity index (χ3v) is 4.14. The first-order valence-corrected chi connectivity index (χ1v) is 8.21. The summed E-state index contributed by atoms with van der Waals surface area (Å²) in [5, 5.41) is 0. The van der Waals surface area contributed by atoms with Crippen molar-refractivity contribution in [2.45, 2.75) is 64.3 Å². The lowest BCUT2D eigenvalue weighted by atomic mass is 10.1. The summed E-state index contributed by atoms with van der Waals surface area (Å²) in [5.41, 5.74) is 5.27. The van der Waals surface area contributed by atoms with Crippen LogP contribution in [0.5, 0.6) is 0 Å². The van der Waals surface area contributed by atoms with Gasteiger partial charge in [0.25, 0.3) is 0 Å². The first-order valence-electron chi connectivity index (χ1n) is 8.21. The van der Waals surface area contributed by atoms with Crippen molar-refractivity contribution in [3.05, 3.63) is 34.1 Å². The third kappa shape index (κ3) is 3.61. The maximum absolute atomic E-state index is 13.8. The number of nitrogens with zero attached hydrogens (tertiary/aromatic N) is 2. The molecular weight excluding hydrogens is 329 g/mol. The van der Waals surface area contributed by atoms with Gasteiger partial charge >= 0.3 is 5.69 Å². The van der Waals surface area contributed by atoms with Gasteiger partial charge in [-0.05, 0) is 40.2 Å². The van der Waals surface area contributed by atoms with E-state index in [1.165, 1.54) is 4.57 Å². The molecule has 3 atom stereocenters. The molecule has 0 saturated carbocycles. The molecule has 1 aliphatic heterocycles. The van der Waals surface area contributed by atoms with E-state index in [0.717, 1.165) is 11.8 Å². The minimum atomic E-state index is -0.807. The van der Waals surface area contributed by atoms with E-state index in [1.807, 2.05) is 26.8 Å². The zero-order chi connectivity index (χ0) is 18.6. The Morgan fingerprint density at radius 1 is 1.40 bits per heavy atom. The molecule has 1 aromatic heterocycles. The fourth-order valence-corrected chi connectivity index (χ4v) is 3.07. The molecule has 2 heterocycles. The van der Waals surface area contributed by atoms with Crippen LogP contribution in [0.1, 0.15) is 40.7 Å². The molecule has 2 N–H and O–H groups in total. The van der Waals surface area contributed by atoms with Crippen molar-refractivity contribution in [1.29, 1.82) is 0 Å². The number of hydrogen-bond donors (Lipinski definition) is 1. The molecule has 1 aromatic rings. The van der Waals surface area contributed by atoms with Crippen molar-refractivity contribution in [3.63, 3.8) is 0 Å². The smallest absolute Gasteiger partial charge is 0.350 e. The number of nitrogen functional groups attached to an aromatic ring is 1. The minimum absolute atomic E-state index is 0.324. The van der Waals surface area contributed by atoms with Gasteiger partial charge in [0.2, 0.25) is 0 Å². The Morgan fingerprint density at radius 3 is 2.72 bits per heavy atom. The first kappa shape index (κ1) is 18.0. The van der Waals surface area contributed by atoms with Crippen molar-refractivity contribution in [2.24, 2.45) is 0 Å². The van der Waals surface area contributed by atoms with Gasteiger partial charge in [0.1, 0.15) is 12.2 Å². The second kappa shape index (κ2) is 5.89. The second-order valence-electron chi connectivity index (χ2n) is 7.82. The van der Waals surface area contributed by atoms with Crippen molar-refractivity contribution in [2.75, 3.05) is 12.3 Å². The van der Waals surface area contributed by atoms with Crippen LogP contribution in [0.25, 0.3) is 0 Å². The number of rotatable bonds is 3. The van der Waals surface area contributed by atoms with Crippen LogP contribution < -0.4 is 11.4 Å². The van der Waals surface area contributed by atoms with Crippen LogP contribution >= 0.6 is 0 Å². The molecule has 1 fully saturated rings. The lowest BCUT2D eigenvalue weighted by Gasteiger charge is -2.23. The molecule has 1 aliphatic carbocycles. The Morgan fingerprint density at radius 2 is 2.08 bits per heavy atom. The van der Waals surface area contributed by atoms with Crippen molar-refractivity contribution in [3.8, 4) is 0 Å². The number of nitrogens with two attached hydrogens (primary N) is 1. The van der Waals surface area contributed by atoms with Crippen molar-refractivity contribution < 1.29 is 18.6 Å². The van der Waals surface area contributed by atoms with Crippen LogP contribution in [-0.4, -0.2) is 39.8 Å². The average molecular weight is 353 g/mol. The Balaban J connectivity index is 1.96. The van der Waals surface area contributed by atoms with Crippen LogP contribution in [0.3, 0.4) is 0 Å². The Labute approximate surface area is 145 Å². The second-order valence-corrected chi connectivity index (χ2v) is 7.82. The molecule has 0 unspecified atom stereocenters. The molecule has 7 nitrogen and oxygen atoms in total. The predicted octanol–water partition coefficient (Wildman–Crippen LogP) is 1.78. The molecule has 0 bridgehead atoms. The standard InChI is InChI=1S/C17H24FN3O4/c1-16(2,3)23-8-9-6-11(13-12(9)24-17(4,5)25-13)21-7-10(18)14(19)20-15(21)22/h6-7,11-13H,8H2,1-5H3,(H2,19,20,22)/t11-,12-,13+/m0/s1. The highest BCUT2D eigenvalue weighted by atomic mass is 19.1. The number of hydrogen-bond acceptors (Lipinski definition) is 6. The molecule has 8 heteroatoms. The molecule has 3 rings (SSSR count). The van der Waals surface area contributed by atoms with E-state index >= 15 is 0 Å². The van der Waals surface area contributed by atoms with Gasteiger partial charge in [-0.25, -0.2) is 9.18 Å². The summed E-state index contributed by atoms with van der Waals surface area (Å²) in [7, 11) is 0. The lowest BCUT2D eigenvalue weighted by Crippen LogP contribution is -2.35. The maximum Gasteiger partial charge on any atom is 0.350 e. The summed E-state index contributed by atoms with van der Waals surface area (Å²) in [4.78, 5) is 15.7. The quantitative estimate of drug-likeness (QED) is 0.834. The summed E-state index contributed by atoms with van der Waals surface area (Å²) in [6, 6.07) is -0.541. The van der Waals surface area contributed by atoms with Crippen LogP contribution in [0.2, 0.25) is 0 Å². The summed E-state index contributed by atoms with van der Waals surface area (Å²) in [5.74, 6) is -1.97. The highest BCUT2D eigenvalue weighted by Gasteiger charge is 2.51. The average Bonchev–Trinajstić information content (AvgIpc) is 2.93. The number of halogens is 1. The first-order chi connectivity index (χ1) is 11.5. The van der Waals surface area contributed by atoms with Gasteiger partial charge in [-0.1, -0.05) is 6.08 Å². The van der Waals surface area contributed by atoms with E-state index in [1.54, 1.807) is 13.8 Å². The SMILES string of the molecule is CC(C)(C)OCC1=C[C@H](n2cc(F)c(N)nc2=O)[C@H]2OC(C)(C)O[C@@H]12. The topological polar surface area (TPSA) is 88.6 Å². The van der Waals surface area contributed by atoms with Gasteiger partial charge in [-0.3, -0.25) is 4.57 Å². The number of anilines is 1. The summed E-state index contributed by atoms with van der Waals surface area (Å²) in [6.45, 7) is 9.80. The Bertz CT molecular complexity index is 766. The fraction of sp³-hybridized carbons (Fsp3) is 0.647. The van der Waals surface area contributed by atoms with E-state index in [0.29, 0.717) is 6.61 Å². The largest absolute Gasteiger partial charge is 0.381 e. The van der Waals surface area contributed by atoms with Gasteiger partial charge in [0.05, 0.1) is 18.2 Å². The van der Waals surface area contributed by atoms with Gasteiger partial charge in [0, 0.05) is 6.20 Å². The maximum atomic E-state index is 13.8. The van der Waals surface area contributed by atoms with Crippen LogP contribution in [0, 0.1) is 5.82 Å². The molecule has 0 aromatic carbocycles. The third-order valence-electron chi connectivity index (χ3n) is 4.14. The molecule has 138 valence electrons. The molecule has 2 aliphatic rings. The van der Waals surface area contributed by atoms with Crippen LogP contribution in [-0.2, 0) is 14.2 Å². The number of aromatic nitrogens is 2.